The van der Waals surface area contributed by atoms with Crippen molar-refractivity contribution in [2.45, 2.75) is 20.3 Å². The van der Waals surface area contributed by atoms with Crippen LogP contribution < -0.4 is 5.43 Å². The summed E-state index contributed by atoms with van der Waals surface area (Å²) in [4.78, 5) is 12.6. The summed E-state index contributed by atoms with van der Waals surface area (Å²) >= 11 is 0. The van der Waals surface area contributed by atoms with Crippen molar-refractivity contribution >= 4 is 21.9 Å². The van der Waals surface area contributed by atoms with Crippen LogP contribution in [0.15, 0.2) is 52.2 Å². The van der Waals surface area contributed by atoms with Gasteiger partial charge in [-0.05, 0) is 49.1 Å². The molecule has 0 aliphatic rings. The van der Waals surface area contributed by atoms with Crippen molar-refractivity contribution < 1.29 is 4.42 Å². The van der Waals surface area contributed by atoms with Crippen LogP contribution in [0.25, 0.3) is 21.9 Å². The Morgan fingerprint density at radius 1 is 1.10 bits per heavy atom. The maximum absolute atomic E-state index is 12.6. The van der Waals surface area contributed by atoms with Gasteiger partial charge in [0.15, 0.2) is 0 Å². The molecule has 3 aromatic rings. The lowest BCUT2D eigenvalue weighted by atomic mass is 10.0. The van der Waals surface area contributed by atoms with Crippen molar-refractivity contribution in [1.29, 1.82) is 0 Å². The second-order valence-corrected chi connectivity index (χ2v) is 5.10. The fourth-order valence-corrected chi connectivity index (χ4v) is 2.55. The molecule has 2 nitrogen and oxygen atoms in total. The van der Waals surface area contributed by atoms with Gasteiger partial charge in [0.05, 0.1) is 10.8 Å². The molecule has 0 saturated carbocycles. The first-order valence-electron chi connectivity index (χ1n) is 6.69. The zero-order valence-electron chi connectivity index (χ0n) is 11.7. The average Bonchev–Trinajstić information content (AvgIpc) is 2.45. The summed E-state index contributed by atoms with van der Waals surface area (Å²) in [5, 5.41) is 1.29. The molecule has 0 bridgehead atoms. The normalized spacial score (nSPS) is 11.1. The molecule has 0 aliphatic carbocycles. The summed E-state index contributed by atoms with van der Waals surface area (Å²) in [7, 11) is 0. The molecule has 0 aliphatic heterocycles. The molecule has 0 radical (unpaired) electrons. The summed E-state index contributed by atoms with van der Waals surface area (Å²) in [6, 6.07) is 9.51. The van der Waals surface area contributed by atoms with Crippen LogP contribution in [-0.4, -0.2) is 0 Å². The number of allylic oxidation sites excluding steroid dienone is 1. The Morgan fingerprint density at radius 3 is 2.60 bits per heavy atom. The van der Waals surface area contributed by atoms with Gasteiger partial charge >= 0.3 is 0 Å². The van der Waals surface area contributed by atoms with Crippen molar-refractivity contribution in [3.05, 3.63) is 69.9 Å². The van der Waals surface area contributed by atoms with E-state index in [4.69, 9.17) is 4.42 Å². The van der Waals surface area contributed by atoms with E-state index < -0.39 is 0 Å². The molecule has 2 aromatic carbocycles. The highest BCUT2D eigenvalue weighted by atomic mass is 16.3. The van der Waals surface area contributed by atoms with E-state index in [1.165, 1.54) is 0 Å². The van der Waals surface area contributed by atoms with Crippen molar-refractivity contribution in [3.8, 4) is 0 Å². The Morgan fingerprint density at radius 2 is 1.85 bits per heavy atom. The molecule has 100 valence electrons. The van der Waals surface area contributed by atoms with Gasteiger partial charge in [-0.15, -0.1) is 6.58 Å². The lowest BCUT2D eigenvalue weighted by Gasteiger charge is -2.08. The molecule has 0 N–H and O–H groups in total. The maximum atomic E-state index is 12.6. The molecule has 0 atom stereocenters. The number of para-hydroxylation sites is 1. The smallest absolute Gasteiger partial charge is 0.200 e. The van der Waals surface area contributed by atoms with Crippen molar-refractivity contribution in [2.24, 2.45) is 0 Å². The van der Waals surface area contributed by atoms with Crippen LogP contribution in [-0.2, 0) is 6.42 Å². The van der Waals surface area contributed by atoms with Crippen molar-refractivity contribution in [3.63, 3.8) is 0 Å². The van der Waals surface area contributed by atoms with Crippen LogP contribution in [0.4, 0.5) is 0 Å². The third-order valence-electron chi connectivity index (χ3n) is 3.83. The number of rotatable bonds is 2. The Balaban J connectivity index is 2.55. The van der Waals surface area contributed by atoms with Crippen LogP contribution in [0.5, 0.6) is 0 Å². The van der Waals surface area contributed by atoms with E-state index in [1.54, 1.807) is 0 Å². The number of fused-ring (bicyclic) bond motifs is 2. The lowest BCUT2D eigenvalue weighted by Crippen LogP contribution is -2.04. The molecular weight excluding hydrogens is 248 g/mol. The second-order valence-electron chi connectivity index (χ2n) is 5.10. The minimum Gasteiger partial charge on any atom is -0.455 e. The Labute approximate surface area is 117 Å². The number of aryl methyl sites for hydroxylation is 2. The third-order valence-corrected chi connectivity index (χ3v) is 3.83. The zero-order chi connectivity index (χ0) is 14.3. The van der Waals surface area contributed by atoms with Gasteiger partial charge in [-0.3, -0.25) is 4.79 Å². The van der Waals surface area contributed by atoms with Crippen molar-refractivity contribution in [2.75, 3.05) is 0 Å². The van der Waals surface area contributed by atoms with Gasteiger partial charge in [-0.1, -0.05) is 24.3 Å². The molecule has 0 amide bonds. The van der Waals surface area contributed by atoms with Gasteiger partial charge in [-0.25, -0.2) is 0 Å². The molecule has 0 unspecified atom stereocenters. The van der Waals surface area contributed by atoms with Crippen LogP contribution in [0, 0.1) is 13.8 Å². The van der Waals surface area contributed by atoms with Gasteiger partial charge in [0.2, 0.25) is 5.43 Å². The van der Waals surface area contributed by atoms with Gasteiger partial charge in [0.1, 0.15) is 11.2 Å². The first kappa shape index (κ1) is 12.7. The Hall–Kier alpha value is -2.35. The summed E-state index contributed by atoms with van der Waals surface area (Å²) in [6.45, 7) is 7.77. The SMILES string of the molecule is C=CCc1cccc2c(=O)c3ccc(C)c(C)c3oc12. The maximum Gasteiger partial charge on any atom is 0.200 e. The topological polar surface area (TPSA) is 30.2 Å². The third kappa shape index (κ3) is 1.76. The highest BCUT2D eigenvalue weighted by molar-refractivity contribution is 5.92. The highest BCUT2D eigenvalue weighted by Gasteiger charge is 2.12. The molecule has 20 heavy (non-hydrogen) atoms. The van der Waals surface area contributed by atoms with Crippen LogP contribution in [0.1, 0.15) is 16.7 Å². The second kappa shape index (κ2) is 4.64. The average molecular weight is 264 g/mol. The first-order valence-corrected chi connectivity index (χ1v) is 6.69. The van der Waals surface area contributed by atoms with E-state index in [2.05, 4.69) is 6.58 Å². The summed E-state index contributed by atoms with van der Waals surface area (Å²) < 4.78 is 6.07. The van der Waals surface area contributed by atoms with E-state index >= 15 is 0 Å². The lowest BCUT2D eigenvalue weighted by molar-refractivity contribution is 0.652. The molecule has 0 spiro atoms. The first-order chi connectivity index (χ1) is 9.63. The molecular formula is C18H16O2. The van der Waals surface area contributed by atoms with Crippen LogP contribution in [0.2, 0.25) is 0 Å². The summed E-state index contributed by atoms with van der Waals surface area (Å²) in [5.41, 5.74) is 4.56. The van der Waals surface area contributed by atoms with Gasteiger partial charge < -0.3 is 4.42 Å². The summed E-state index contributed by atoms with van der Waals surface area (Å²) in [5.74, 6) is 0. The standard InChI is InChI=1S/C18H16O2/c1-4-6-13-7-5-8-14-16(19)15-10-9-11(2)12(3)17(15)20-18(13)14/h4-5,7-10H,1,6H2,2-3H3. The molecule has 2 heteroatoms. The summed E-state index contributed by atoms with van der Waals surface area (Å²) in [6.07, 6.45) is 2.51. The van der Waals surface area contributed by atoms with Gasteiger partial charge in [0, 0.05) is 0 Å². The molecule has 0 saturated heterocycles. The highest BCUT2D eigenvalue weighted by Crippen LogP contribution is 2.25. The van der Waals surface area contributed by atoms with E-state index in [0.29, 0.717) is 28.4 Å². The molecule has 1 aromatic heterocycles. The zero-order valence-corrected chi connectivity index (χ0v) is 11.7. The van der Waals surface area contributed by atoms with E-state index in [0.717, 1.165) is 16.7 Å². The van der Waals surface area contributed by atoms with Crippen LogP contribution >= 0.6 is 0 Å². The molecule has 0 fully saturated rings. The molecule has 3 rings (SSSR count). The predicted molar refractivity (Wildman–Crippen MR) is 83.4 cm³/mol. The Kier molecular flexibility index (Phi) is 2.94. The minimum atomic E-state index is 0.0373. The largest absolute Gasteiger partial charge is 0.455 e. The predicted octanol–water partition coefficient (Wildman–Crippen LogP) is 4.29. The fourth-order valence-electron chi connectivity index (χ4n) is 2.55. The van der Waals surface area contributed by atoms with E-state index in [9.17, 15) is 4.79 Å². The quantitative estimate of drug-likeness (QED) is 0.510. The number of hydrogen-bond donors (Lipinski definition) is 0. The van der Waals surface area contributed by atoms with Gasteiger partial charge in [-0.2, -0.15) is 0 Å². The minimum absolute atomic E-state index is 0.0373. The van der Waals surface area contributed by atoms with Crippen molar-refractivity contribution in [1.82, 2.24) is 0 Å². The van der Waals surface area contributed by atoms with Gasteiger partial charge in [0.25, 0.3) is 0 Å². The van der Waals surface area contributed by atoms with E-state index in [1.807, 2.05) is 50.3 Å². The number of hydrogen-bond acceptors (Lipinski definition) is 2. The monoisotopic (exact) mass is 264 g/mol. The molecule has 1 heterocycles. The Bertz CT molecular complexity index is 885. The van der Waals surface area contributed by atoms with Crippen LogP contribution in [0.3, 0.4) is 0 Å². The fraction of sp³-hybridized carbons (Fsp3) is 0.167. The number of benzene rings is 2. The van der Waals surface area contributed by atoms with E-state index in [-0.39, 0.29) is 5.43 Å².